The number of carbonyl (C=O) groups excluding carboxylic acids is 1. The molecule has 1 aromatic rings. The third-order valence-corrected chi connectivity index (χ3v) is 3.44. The minimum Gasteiger partial charge on any atom is -0.459 e. The largest absolute Gasteiger partial charge is 0.459 e. The Hall–Kier alpha value is -2.36. The summed E-state index contributed by atoms with van der Waals surface area (Å²) in [6, 6.07) is 9.58. The molecule has 0 radical (unpaired) electrons. The molecule has 2 rings (SSSR count). The zero-order valence-corrected chi connectivity index (χ0v) is 13.2. The molecule has 1 fully saturated rings. The Morgan fingerprint density at radius 3 is 2.61 bits per heavy atom. The summed E-state index contributed by atoms with van der Waals surface area (Å²) in [5.41, 5.74) is 1.86. The van der Waals surface area contributed by atoms with Crippen molar-refractivity contribution in [1.82, 2.24) is 0 Å². The molecule has 0 N–H and O–H groups in total. The van der Waals surface area contributed by atoms with E-state index < -0.39 is 5.97 Å². The second-order valence-corrected chi connectivity index (χ2v) is 4.99. The molecular weight excluding hydrogens is 296 g/mol. The molecule has 0 spiro atoms. The lowest BCUT2D eigenvalue weighted by atomic mass is 10.1. The average molecular weight is 316 g/mol. The van der Waals surface area contributed by atoms with Crippen molar-refractivity contribution in [3.63, 3.8) is 0 Å². The van der Waals surface area contributed by atoms with Gasteiger partial charge in [0.25, 0.3) is 0 Å². The third-order valence-electron chi connectivity index (χ3n) is 3.44. The molecule has 6 nitrogen and oxygen atoms in total. The number of morpholine rings is 1. The van der Waals surface area contributed by atoms with Gasteiger partial charge >= 0.3 is 5.97 Å². The van der Waals surface area contributed by atoms with Crippen LogP contribution >= 0.6 is 0 Å². The number of methoxy groups -OCH3 is 1. The van der Waals surface area contributed by atoms with Gasteiger partial charge in [-0.05, 0) is 23.8 Å². The predicted molar refractivity (Wildman–Crippen MR) is 85.9 cm³/mol. The summed E-state index contributed by atoms with van der Waals surface area (Å²) in [7, 11) is 1.52. The second-order valence-electron chi connectivity index (χ2n) is 4.99. The van der Waals surface area contributed by atoms with Crippen LogP contribution in [0.4, 0.5) is 5.69 Å². The fourth-order valence-corrected chi connectivity index (χ4v) is 2.20. The van der Waals surface area contributed by atoms with Crippen molar-refractivity contribution in [2.24, 2.45) is 0 Å². The smallest absolute Gasteiger partial charge is 0.348 e. The van der Waals surface area contributed by atoms with Crippen LogP contribution in [-0.4, -0.2) is 52.6 Å². The van der Waals surface area contributed by atoms with Crippen molar-refractivity contribution in [3.05, 3.63) is 35.4 Å². The summed E-state index contributed by atoms with van der Waals surface area (Å²) in [5, 5.41) is 9.10. The summed E-state index contributed by atoms with van der Waals surface area (Å²) in [6.45, 7) is 3.62. The third kappa shape index (κ3) is 5.09. The second kappa shape index (κ2) is 8.93. The van der Waals surface area contributed by atoms with Gasteiger partial charge in [0.1, 0.15) is 18.2 Å². The van der Waals surface area contributed by atoms with E-state index in [0.29, 0.717) is 6.61 Å². The number of nitriles is 1. The van der Waals surface area contributed by atoms with Gasteiger partial charge in [-0.3, -0.25) is 0 Å². The van der Waals surface area contributed by atoms with Gasteiger partial charge in [0, 0.05) is 25.9 Å². The lowest BCUT2D eigenvalue weighted by Gasteiger charge is -2.28. The first-order chi connectivity index (χ1) is 11.2. The molecule has 1 saturated heterocycles. The molecular formula is C17H20N2O4. The Labute approximate surface area is 135 Å². The topological polar surface area (TPSA) is 71.8 Å². The van der Waals surface area contributed by atoms with E-state index in [1.807, 2.05) is 30.3 Å². The highest BCUT2D eigenvalue weighted by atomic mass is 16.6. The molecule has 0 bridgehead atoms. The zero-order valence-electron chi connectivity index (χ0n) is 13.2. The Balaban J connectivity index is 2.02. The number of rotatable bonds is 6. The van der Waals surface area contributed by atoms with Crippen molar-refractivity contribution in [2.45, 2.75) is 0 Å². The maximum Gasteiger partial charge on any atom is 0.348 e. The van der Waals surface area contributed by atoms with Gasteiger partial charge in [-0.1, -0.05) is 12.1 Å². The number of esters is 1. The van der Waals surface area contributed by atoms with E-state index in [0.717, 1.165) is 37.6 Å². The van der Waals surface area contributed by atoms with E-state index in [4.69, 9.17) is 19.5 Å². The monoisotopic (exact) mass is 316 g/mol. The number of benzene rings is 1. The van der Waals surface area contributed by atoms with Gasteiger partial charge in [-0.2, -0.15) is 5.26 Å². The lowest BCUT2D eigenvalue weighted by molar-refractivity contribution is -0.139. The number of nitrogens with zero attached hydrogens (tertiary/aromatic N) is 2. The van der Waals surface area contributed by atoms with Crippen molar-refractivity contribution in [1.29, 1.82) is 5.26 Å². The van der Waals surface area contributed by atoms with Crippen LogP contribution in [0, 0.1) is 11.3 Å². The average Bonchev–Trinajstić information content (AvgIpc) is 2.61. The normalized spacial score (nSPS) is 15.1. The quantitative estimate of drug-likeness (QED) is 0.344. The van der Waals surface area contributed by atoms with Gasteiger partial charge in [-0.15, -0.1) is 0 Å². The molecule has 6 heteroatoms. The highest BCUT2D eigenvalue weighted by molar-refractivity contribution is 5.97. The molecule has 0 aliphatic carbocycles. The van der Waals surface area contributed by atoms with E-state index in [9.17, 15) is 4.79 Å². The van der Waals surface area contributed by atoms with E-state index in [1.165, 1.54) is 13.2 Å². The molecule has 1 heterocycles. The summed E-state index contributed by atoms with van der Waals surface area (Å²) < 4.78 is 15.1. The number of hydrogen-bond donors (Lipinski definition) is 0. The van der Waals surface area contributed by atoms with Gasteiger partial charge in [0.2, 0.25) is 0 Å². The standard InChI is InChI=1S/C17H20N2O4/c1-21-10-11-23-17(20)15(13-18)12-14-2-4-16(5-3-14)19-6-8-22-9-7-19/h2-5,12H,6-11H2,1H3. The molecule has 122 valence electrons. The molecule has 1 aliphatic heterocycles. The van der Waals surface area contributed by atoms with Crippen molar-refractivity contribution >= 4 is 17.7 Å². The minimum atomic E-state index is -0.637. The van der Waals surface area contributed by atoms with Gasteiger partial charge in [0.05, 0.1) is 19.8 Å². The Bertz CT molecular complexity index is 584. The molecule has 0 saturated carbocycles. The predicted octanol–water partition coefficient (Wildman–Crippen LogP) is 1.62. The first-order valence-electron chi connectivity index (χ1n) is 7.45. The molecule has 0 aromatic heterocycles. The SMILES string of the molecule is COCCOC(=O)C(C#N)=Cc1ccc(N2CCOCC2)cc1. The lowest BCUT2D eigenvalue weighted by Crippen LogP contribution is -2.36. The molecule has 1 aromatic carbocycles. The van der Waals surface area contributed by atoms with Crippen LogP contribution in [0.2, 0.25) is 0 Å². The van der Waals surface area contributed by atoms with Crippen LogP contribution in [0.5, 0.6) is 0 Å². The summed E-state index contributed by atoms with van der Waals surface area (Å²) in [6.07, 6.45) is 1.53. The molecule has 23 heavy (non-hydrogen) atoms. The highest BCUT2D eigenvalue weighted by Gasteiger charge is 2.12. The fourth-order valence-electron chi connectivity index (χ4n) is 2.20. The van der Waals surface area contributed by atoms with Gasteiger partial charge in [0.15, 0.2) is 0 Å². The molecule has 0 unspecified atom stereocenters. The van der Waals surface area contributed by atoms with E-state index in [-0.39, 0.29) is 12.2 Å². The van der Waals surface area contributed by atoms with Crippen LogP contribution in [-0.2, 0) is 19.0 Å². The van der Waals surface area contributed by atoms with Crippen LogP contribution in [0.1, 0.15) is 5.56 Å². The van der Waals surface area contributed by atoms with Crippen LogP contribution in [0.3, 0.4) is 0 Å². The first-order valence-corrected chi connectivity index (χ1v) is 7.45. The molecule has 0 amide bonds. The van der Waals surface area contributed by atoms with Gasteiger partial charge in [-0.25, -0.2) is 4.79 Å². The highest BCUT2D eigenvalue weighted by Crippen LogP contribution is 2.18. The van der Waals surface area contributed by atoms with Crippen molar-refractivity contribution in [3.8, 4) is 6.07 Å². The molecule has 1 aliphatic rings. The zero-order chi connectivity index (χ0) is 16.5. The van der Waals surface area contributed by atoms with E-state index in [2.05, 4.69) is 4.90 Å². The Kier molecular flexibility index (Phi) is 6.60. The minimum absolute atomic E-state index is 0.0276. The number of hydrogen-bond acceptors (Lipinski definition) is 6. The van der Waals surface area contributed by atoms with E-state index in [1.54, 1.807) is 0 Å². The van der Waals surface area contributed by atoms with E-state index >= 15 is 0 Å². The Morgan fingerprint density at radius 1 is 1.30 bits per heavy atom. The summed E-state index contributed by atoms with van der Waals surface area (Å²) in [4.78, 5) is 14.0. The first kappa shape index (κ1) is 17.0. The summed E-state index contributed by atoms with van der Waals surface area (Å²) >= 11 is 0. The number of carbonyl (C=O) groups is 1. The van der Waals surface area contributed by atoms with Crippen LogP contribution in [0.15, 0.2) is 29.8 Å². The maximum atomic E-state index is 11.8. The molecule has 0 atom stereocenters. The Morgan fingerprint density at radius 2 is 2.00 bits per heavy atom. The summed E-state index contributed by atoms with van der Waals surface area (Å²) in [5.74, 6) is -0.637. The number of ether oxygens (including phenoxy) is 3. The van der Waals surface area contributed by atoms with Crippen molar-refractivity contribution in [2.75, 3.05) is 51.5 Å². The van der Waals surface area contributed by atoms with Crippen LogP contribution in [0.25, 0.3) is 6.08 Å². The number of anilines is 1. The van der Waals surface area contributed by atoms with Gasteiger partial charge < -0.3 is 19.1 Å². The fraction of sp³-hybridized carbons (Fsp3) is 0.412. The van der Waals surface area contributed by atoms with Crippen LogP contribution < -0.4 is 4.90 Å². The maximum absolute atomic E-state index is 11.8. The van der Waals surface area contributed by atoms with Crippen molar-refractivity contribution < 1.29 is 19.0 Å².